The van der Waals surface area contributed by atoms with E-state index in [-0.39, 0.29) is 23.4 Å². The van der Waals surface area contributed by atoms with Crippen molar-refractivity contribution in [2.45, 2.75) is 43.6 Å². The number of nitrogens with zero attached hydrogens (tertiary/aromatic N) is 4. The first-order chi connectivity index (χ1) is 12.3. The quantitative estimate of drug-likeness (QED) is 0.783. The van der Waals surface area contributed by atoms with Crippen LogP contribution in [0.2, 0.25) is 0 Å². The topological polar surface area (TPSA) is 98.8 Å². The molecule has 8 nitrogen and oxygen atoms in total. The summed E-state index contributed by atoms with van der Waals surface area (Å²) in [5.74, 6) is 1.74. The molecule has 0 bridgehead atoms. The third kappa shape index (κ3) is 2.39. The van der Waals surface area contributed by atoms with Crippen molar-refractivity contribution in [2.24, 2.45) is 0 Å². The lowest BCUT2D eigenvalue weighted by atomic mass is 9.73. The van der Waals surface area contributed by atoms with E-state index in [2.05, 4.69) is 15.1 Å². The molecular weight excluding hydrogens is 322 g/mol. The molecule has 1 saturated carbocycles. The number of hydrogen-bond donors (Lipinski definition) is 1. The van der Waals surface area contributed by atoms with Crippen LogP contribution in [0.1, 0.15) is 55.3 Å². The van der Waals surface area contributed by atoms with E-state index >= 15 is 0 Å². The Balaban J connectivity index is 1.54. The van der Waals surface area contributed by atoms with E-state index < -0.39 is 0 Å². The summed E-state index contributed by atoms with van der Waals surface area (Å²) in [6.45, 7) is 1.44. The molecule has 0 spiro atoms. The summed E-state index contributed by atoms with van der Waals surface area (Å²) >= 11 is 0. The maximum atomic E-state index is 12.5. The SMILES string of the molecule is O=c1[nH]c(C2CC[C@@H]2c2ncco2)nc2c1cnn2C1CCOCC1. The van der Waals surface area contributed by atoms with Crippen LogP contribution in [-0.4, -0.2) is 37.9 Å². The molecule has 0 amide bonds. The van der Waals surface area contributed by atoms with E-state index in [0.717, 1.165) is 44.8 Å². The number of fused-ring (bicyclic) bond motifs is 1. The van der Waals surface area contributed by atoms with Gasteiger partial charge in [-0.2, -0.15) is 5.10 Å². The van der Waals surface area contributed by atoms with Gasteiger partial charge in [0.25, 0.3) is 5.56 Å². The molecule has 2 atom stereocenters. The van der Waals surface area contributed by atoms with Crippen LogP contribution in [-0.2, 0) is 4.74 Å². The van der Waals surface area contributed by atoms with Crippen LogP contribution >= 0.6 is 0 Å². The van der Waals surface area contributed by atoms with Crippen molar-refractivity contribution in [2.75, 3.05) is 13.2 Å². The molecule has 1 N–H and O–H groups in total. The van der Waals surface area contributed by atoms with Gasteiger partial charge in [0, 0.05) is 25.0 Å². The lowest BCUT2D eigenvalue weighted by molar-refractivity contribution is 0.0673. The fraction of sp³-hybridized carbons (Fsp3) is 0.529. The second kappa shape index (κ2) is 5.80. The summed E-state index contributed by atoms with van der Waals surface area (Å²) in [6, 6.07) is 0.234. The van der Waals surface area contributed by atoms with E-state index in [1.54, 1.807) is 18.7 Å². The Labute approximate surface area is 143 Å². The molecule has 25 heavy (non-hydrogen) atoms. The van der Waals surface area contributed by atoms with Crippen molar-refractivity contribution in [1.82, 2.24) is 24.7 Å². The van der Waals surface area contributed by atoms with Crippen molar-refractivity contribution >= 4 is 11.0 Å². The molecule has 130 valence electrons. The van der Waals surface area contributed by atoms with Crippen LogP contribution in [0.3, 0.4) is 0 Å². The molecule has 1 unspecified atom stereocenters. The number of ether oxygens (including phenoxy) is 1. The summed E-state index contributed by atoms with van der Waals surface area (Å²) in [7, 11) is 0. The number of nitrogens with one attached hydrogen (secondary N) is 1. The number of hydrogen-bond acceptors (Lipinski definition) is 6. The highest BCUT2D eigenvalue weighted by atomic mass is 16.5. The third-order valence-electron chi connectivity index (χ3n) is 5.41. The van der Waals surface area contributed by atoms with Gasteiger partial charge in [-0.05, 0) is 25.7 Å². The lowest BCUT2D eigenvalue weighted by Crippen LogP contribution is -2.27. The smallest absolute Gasteiger partial charge is 0.262 e. The molecule has 1 saturated heterocycles. The van der Waals surface area contributed by atoms with Crippen LogP contribution in [0.5, 0.6) is 0 Å². The number of oxazole rings is 1. The lowest BCUT2D eigenvalue weighted by Gasteiger charge is -2.33. The van der Waals surface area contributed by atoms with E-state index in [0.29, 0.717) is 16.9 Å². The molecule has 2 aliphatic rings. The van der Waals surface area contributed by atoms with E-state index in [1.165, 1.54) is 0 Å². The van der Waals surface area contributed by atoms with Crippen molar-refractivity contribution in [3.05, 3.63) is 40.7 Å². The Morgan fingerprint density at radius 1 is 1.16 bits per heavy atom. The van der Waals surface area contributed by atoms with Gasteiger partial charge in [0.1, 0.15) is 17.5 Å². The molecule has 0 aromatic carbocycles. The van der Waals surface area contributed by atoms with Crippen LogP contribution < -0.4 is 5.56 Å². The first-order valence-electron chi connectivity index (χ1n) is 8.76. The van der Waals surface area contributed by atoms with Gasteiger partial charge in [-0.15, -0.1) is 0 Å². The van der Waals surface area contributed by atoms with Crippen molar-refractivity contribution in [1.29, 1.82) is 0 Å². The minimum Gasteiger partial charge on any atom is -0.449 e. The van der Waals surface area contributed by atoms with Gasteiger partial charge in [-0.3, -0.25) is 4.79 Å². The Morgan fingerprint density at radius 2 is 2.00 bits per heavy atom. The zero-order chi connectivity index (χ0) is 16.8. The number of aromatic amines is 1. The van der Waals surface area contributed by atoms with Crippen molar-refractivity contribution in [3.8, 4) is 0 Å². The second-order valence-electron chi connectivity index (χ2n) is 6.78. The van der Waals surface area contributed by atoms with Gasteiger partial charge in [0.15, 0.2) is 11.5 Å². The zero-order valence-electron chi connectivity index (χ0n) is 13.7. The number of aromatic nitrogens is 5. The Bertz CT molecular complexity index is 939. The highest BCUT2D eigenvalue weighted by molar-refractivity contribution is 5.73. The molecule has 0 radical (unpaired) electrons. The van der Waals surface area contributed by atoms with Crippen LogP contribution in [0.15, 0.2) is 27.9 Å². The Kier molecular flexibility index (Phi) is 3.44. The standard InChI is InChI=1S/C17H19N5O3/c23-16-13-9-19-22(10-3-6-24-7-4-10)15(13)20-14(21-16)11-1-2-12(11)17-18-5-8-25-17/h5,8-12H,1-4,6-7H2,(H,20,21,23)/t11?,12-/m0/s1. The fourth-order valence-electron chi connectivity index (χ4n) is 3.87. The molecule has 5 rings (SSSR count). The monoisotopic (exact) mass is 341 g/mol. The first-order valence-corrected chi connectivity index (χ1v) is 8.76. The zero-order valence-corrected chi connectivity index (χ0v) is 13.7. The van der Waals surface area contributed by atoms with Gasteiger partial charge in [0.05, 0.1) is 18.4 Å². The molecular formula is C17H19N5O3. The maximum Gasteiger partial charge on any atom is 0.262 e. The highest BCUT2D eigenvalue weighted by Crippen LogP contribution is 2.47. The average Bonchev–Trinajstić information content (AvgIpc) is 3.25. The molecule has 1 aliphatic carbocycles. The second-order valence-corrected chi connectivity index (χ2v) is 6.78. The minimum absolute atomic E-state index is 0.128. The maximum absolute atomic E-state index is 12.5. The normalized spacial score (nSPS) is 24.5. The van der Waals surface area contributed by atoms with Crippen LogP contribution in [0.4, 0.5) is 0 Å². The summed E-state index contributed by atoms with van der Waals surface area (Å²) in [4.78, 5) is 24.5. The number of rotatable bonds is 3. The largest absolute Gasteiger partial charge is 0.449 e. The highest BCUT2D eigenvalue weighted by Gasteiger charge is 2.38. The van der Waals surface area contributed by atoms with E-state index in [9.17, 15) is 4.79 Å². The number of H-pyrrole nitrogens is 1. The van der Waals surface area contributed by atoms with Gasteiger partial charge >= 0.3 is 0 Å². The fourth-order valence-corrected chi connectivity index (χ4v) is 3.87. The first kappa shape index (κ1) is 14.8. The molecule has 8 heteroatoms. The van der Waals surface area contributed by atoms with Crippen molar-refractivity contribution in [3.63, 3.8) is 0 Å². The molecule has 4 heterocycles. The summed E-state index contributed by atoms with van der Waals surface area (Å²) in [5.41, 5.74) is 0.542. The van der Waals surface area contributed by atoms with Crippen molar-refractivity contribution < 1.29 is 9.15 Å². The predicted molar refractivity (Wildman–Crippen MR) is 88.5 cm³/mol. The summed E-state index contributed by atoms with van der Waals surface area (Å²) in [6.07, 6.45) is 8.60. The van der Waals surface area contributed by atoms with Crippen LogP contribution in [0.25, 0.3) is 11.0 Å². The minimum atomic E-state index is -0.128. The van der Waals surface area contributed by atoms with Gasteiger partial charge < -0.3 is 14.1 Å². The van der Waals surface area contributed by atoms with Gasteiger partial charge in [0.2, 0.25) is 0 Å². The summed E-state index contributed by atoms with van der Waals surface area (Å²) < 4.78 is 12.8. The average molecular weight is 341 g/mol. The van der Waals surface area contributed by atoms with E-state index in [1.807, 2.05) is 4.68 Å². The third-order valence-corrected chi connectivity index (χ3v) is 5.41. The molecule has 3 aromatic rings. The Morgan fingerprint density at radius 3 is 2.72 bits per heavy atom. The van der Waals surface area contributed by atoms with Gasteiger partial charge in [-0.1, -0.05) is 0 Å². The molecule has 3 aromatic heterocycles. The van der Waals surface area contributed by atoms with E-state index in [4.69, 9.17) is 14.1 Å². The van der Waals surface area contributed by atoms with Crippen LogP contribution in [0, 0.1) is 0 Å². The summed E-state index contributed by atoms with van der Waals surface area (Å²) in [5, 5.41) is 4.98. The molecule has 1 aliphatic heterocycles. The Hall–Kier alpha value is -2.48. The molecule has 2 fully saturated rings. The predicted octanol–water partition coefficient (Wildman–Crippen LogP) is 2.12. The van der Waals surface area contributed by atoms with Gasteiger partial charge in [-0.25, -0.2) is 14.6 Å².